The summed E-state index contributed by atoms with van der Waals surface area (Å²) in [6.07, 6.45) is 8.38. The van der Waals surface area contributed by atoms with Crippen molar-refractivity contribution in [3.05, 3.63) is 29.3 Å². The molecule has 0 spiro atoms. The number of hydrogen-bond donors (Lipinski definition) is 1. The summed E-state index contributed by atoms with van der Waals surface area (Å²) in [6.45, 7) is 2.56. The van der Waals surface area contributed by atoms with Crippen molar-refractivity contribution in [2.24, 2.45) is 0 Å². The van der Waals surface area contributed by atoms with Gasteiger partial charge in [-0.2, -0.15) is 0 Å². The van der Waals surface area contributed by atoms with Gasteiger partial charge in [0.25, 0.3) is 0 Å². The van der Waals surface area contributed by atoms with Crippen LogP contribution in [0.25, 0.3) is 10.2 Å². The summed E-state index contributed by atoms with van der Waals surface area (Å²) >= 11 is 1.83. The molecule has 0 atom stereocenters. The summed E-state index contributed by atoms with van der Waals surface area (Å²) in [4.78, 5) is 19.4. The highest BCUT2D eigenvalue weighted by molar-refractivity contribution is 7.18. The van der Waals surface area contributed by atoms with Crippen LogP contribution in [-0.4, -0.2) is 41.5 Å². The van der Waals surface area contributed by atoms with E-state index in [1.54, 1.807) is 0 Å². The van der Waals surface area contributed by atoms with Gasteiger partial charge in [-0.25, -0.2) is 4.98 Å². The van der Waals surface area contributed by atoms with Crippen molar-refractivity contribution in [3.8, 4) is 0 Å². The second kappa shape index (κ2) is 7.83. The van der Waals surface area contributed by atoms with Gasteiger partial charge in [-0.3, -0.25) is 9.69 Å². The van der Waals surface area contributed by atoms with Crippen molar-refractivity contribution in [1.29, 1.82) is 0 Å². The fourth-order valence-electron chi connectivity index (χ4n) is 4.13. The molecule has 4 nitrogen and oxygen atoms in total. The predicted molar refractivity (Wildman–Crippen MR) is 103 cm³/mol. The Kier molecular flexibility index (Phi) is 5.32. The number of thiazole rings is 1. The Morgan fingerprint density at radius 3 is 2.64 bits per heavy atom. The molecule has 0 bridgehead atoms. The zero-order valence-electron chi connectivity index (χ0n) is 14.7. The Morgan fingerprint density at radius 2 is 1.88 bits per heavy atom. The standard InChI is InChI=1S/C20H27N3OS/c24-19(21-16-6-2-1-3-7-16)14-23-12-10-15(11-13-23)20-22-17-8-4-5-9-18(17)25-20/h4-5,8-9,15-16H,1-3,6-7,10-14H2,(H,21,24). The Balaban J connectivity index is 1.27. The maximum absolute atomic E-state index is 12.3. The van der Waals surface area contributed by atoms with Crippen LogP contribution in [-0.2, 0) is 4.79 Å². The third-order valence-corrected chi connectivity index (χ3v) is 6.78. The highest BCUT2D eigenvalue weighted by atomic mass is 32.1. The molecule has 1 N–H and O–H groups in total. The first-order valence-corrected chi connectivity index (χ1v) is 10.5. The number of para-hydroxylation sites is 1. The smallest absolute Gasteiger partial charge is 0.234 e. The average Bonchev–Trinajstić information content (AvgIpc) is 3.07. The molecule has 0 unspecified atom stereocenters. The van der Waals surface area contributed by atoms with Gasteiger partial charge in [-0.1, -0.05) is 31.4 Å². The quantitative estimate of drug-likeness (QED) is 0.902. The van der Waals surface area contributed by atoms with Crippen LogP contribution in [0.15, 0.2) is 24.3 Å². The first-order valence-electron chi connectivity index (χ1n) is 9.65. The minimum absolute atomic E-state index is 0.213. The molecular formula is C20H27N3OS. The summed E-state index contributed by atoms with van der Waals surface area (Å²) in [5, 5.41) is 4.51. The number of nitrogens with zero attached hydrogens (tertiary/aromatic N) is 2. The largest absolute Gasteiger partial charge is 0.352 e. The molecule has 2 heterocycles. The van der Waals surface area contributed by atoms with Gasteiger partial charge in [0.05, 0.1) is 21.8 Å². The zero-order valence-corrected chi connectivity index (χ0v) is 15.6. The van der Waals surface area contributed by atoms with E-state index in [0.717, 1.165) is 44.3 Å². The molecule has 1 aromatic heterocycles. The minimum Gasteiger partial charge on any atom is -0.352 e. The van der Waals surface area contributed by atoms with Gasteiger partial charge in [0.1, 0.15) is 0 Å². The van der Waals surface area contributed by atoms with Gasteiger partial charge in [-0.15, -0.1) is 11.3 Å². The van der Waals surface area contributed by atoms with Crippen LogP contribution < -0.4 is 5.32 Å². The molecule has 1 amide bonds. The number of aromatic nitrogens is 1. The van der Waals surface area contributed by atoms with Gasteiger partial charge in [0.2, 0.25) is 5.91 Å². The van der Waals surface area contributed by atoms with E-state index >= 15 is 0 Å². The van der Waals surface area contributed by atoms with Crippen molar-refractivity contribution in [2.75, 3.05) is 19.6 Å². The Labute approximate surface area is 153 Å². The molecule has 2 aromatic rings. The maximum atomic E-state index is 12.3. The molecule has 1 saturated carbocycles. The summed E-state index contributed by atoms with van der Waals surface area (Å²) in [5.41, 5.74) is 1.12. The summed E-state index contributed by atoms with van der Waals surface area (Å²) in [6, 6.07) is 8.81. The molecule has 5 heteroatoms. The second-order valence-corrected chi connectivity index (χ2v) is 8.53. The number of fused-ring (bicyclic) bond motifs is 1. The first kappa shape index (κ1) is 17.0. The summed E-state index contributed by atoms with van der Waals surface area (Å²) in [5.74, 6) is 0.764. The summed E-state index contributed by atoms with van der Waals surface area (Å²) < 4.78 is 1.28. The van der Waals surface area contributed by atoms with Gasteiger partial charge in [0, 0.05) is 12.0 Å². The Bertz CT molecular complexity index is 682. The van der Waals surface area contributed by atoms with Crippen LogP contribution in [0.5, 0.6) is 0 Å². The molecule has 1 aromatic carbocycles. The van der Waals surface area contributed by atoms with Crippen LogP contribution in [0, 0.1) is 0 Å². The average molecular weight is 358 g/mol. The number of benzene rings is 1. The molecule has 1 saturated heterocycles. The number of likely N-dealkylation sites (tertiary alicyclic amines) is 1. The van der Waals surface area contributed by atoms with Crippen molar-refractivity contribution < 1.29 is 4.79 Å². The van der Waals surface area contributed by atoms with Gasteiger partial charge >= 0.3 is 0 Å². The second-order valence-electron chi connectivity index (χ2n) is 7.47. The number of carbonyl (C=O) groups is 1. The fourth-order valence-corrected chi connectivity index (χ4v) is 5.26. The monoisotopic (exact) mass is 357 g/mol. The van der Waals surface area contributed by atoms with Gasteiger partial charge < -0.3 is 5.32 Å². The lowest BCUT2D eigenvalue weighted by Gasteiger charge is -2.31. The van der Waals surface area contributed by atoms with E-state index in [1.807, 2.05) is 11.3 Å². The van der Waals surface area contributed by atoms with Crippen LogP contribution >= 0.6 is 11.3 Å². The van der Waals surface area contributed by atoms with E-state index in [1.165, 1.54) is 29.0 Å². The van der Waals surface area contributed by atoms with Crippen LogP contribution in [0.1, 0.15) is 55.9 Å². The van der Waals surface area contributed by atoms with Crippen LogP contribution in [0.4, 0.5) is 0 Å². The van der Waals surface area contributed by atoms with E-state index in [-0.39, 0.29) is 5.91 Å². The molecule has 1 aliphatic heterocycles. The number of nitrogens with one attached hydrogen (secondary N) is 1. The normalized spacial score (nSPS) is 20.8. The number of piperidine rings is 1. The maximum Gasteiger partial charge on any atom is 0.234 e. The number of amides is 1. The lowest BCUT2D eigenvalue weighted by Crippen LogP contribution is -2.44. The van der Waals surface area contributed by atoms with Crippen molar-refractivity contribution in [3.63, 3.8) is 0 Å². The number of hydrogen-bond acceptors (Lipinski definition) is 4. The van der Waals surface area contributed by atoms with Crippen molar-refractivity contribution in [2.45, 2.75) is 56.9 Å². The topological polar surface area (TPSA) is 45.2 Å². The van der Waals surface area contributed by atoms with Gasteiger partial charge in [0.15, 0.2) is 0 Å². The Morgan fingerprint density at radius 1 is 1.12 bits per heavy atom. The van der Waals surface area contributed by atoms with Crippen molar-refractivity contribution >= 4 is 27.5 Å². The zero-order chi connectivity index (χ0) is 17.1. The number of rotatable bonds is 4. The molecule has 0 radical (unpaired) electrons. The Hall–Kier alpha value is -1.46. The van der Waals surface area contributed by atoms with E-state index in [9.17, 15) is 4.79 Å². The van der Waals surface area contributed by atoms with Crippen molar-refractivity contribution in [1.82, 2.24) is 15.2 Å². The minimum atomic E-state index is 0.213. The van der Waals surface area contributed by atoms with E-state index < -0.39 is 0 Å². The third kappa shape index (κ3) is 4.21. The highest BCUT2D eigenvalue weighted by Crippen LogP contribution is 2.33. The lowest BCUT2D eigenvalue weighted by atomic mass is 9.95. The predicted octanol–water partition coefficient (Wildman–Crippen LogP) is 3.92. The molecule has 25 heavy (non-hydrogen) atoms. The SMILES string of the molecule is O=C(CN1CCC(c2nc3ccccc3s2)CC1)NC1CCCCC1. The third-order valence-electron chi connectivity index (χ3n) is 5.58. The fraction of sp³-hybridized carbons (Fsp3) is 0.600. The van der Waals surface area contributed by atoms with E-state index in [2.05, 4.69) is 34.5 Å². The number of carbonyl (C=O) groups excluding carboxylic acids is 1. The van der Waals surface area contributed by atoms with E-state index in [0.29, 0.717) is 18.5 Å². The molecule has 4 rings (SSSR count). The first-order chi connectivity index (χ1) is 12.3. The highest BCUT2D eigenvalue weighted by Gasteiger charge is 2.25. The molecule has 1 aliphatic carbocycles. The summed E-state index contributed by atoms with van der Waals surface area (Å²) in [7, 11) is 0. The van der Waals surface area contributed by atoms with Crippen LogP contribution in [0.2, 0.25) is 0 Å². The van der Waals surface area contributed by atoms with E-state index in [4.69, 9.17) is 4.98 Å². The van der Waals surface area contributed by atoms with Gasteiger partial charge in [-0.05, 0) is 50.9 Å². The molecular weight excluding hydrogens is 330 g/mol. The van der Waals surface area contributed by atoms with Crippen LogP contribution in [0.3, 0.4) is 0 Å². The molecule has 134 valence electrons. The molecule has 2 fully saturated rings. The molecule has 2 aliphatic rings. The lowest BCUT2D eigenvalue weighted by molar-refractivity contribution is -0.123.